The predicted molar refractivity (Wildman–Crippen MR) is 196 cm³/mol. The van der Waals surface area contributed by atoms with Gasteiger partial charge in [-0.1, -0.05) is 133 Å². The van der Waals surface area contributed by atoms with Crippen LogP contribution in [-0.4, -0.2) is 79.7 Å². The van der Waals surface area contributed by atoms with Gasteiger partial charge in [0.25, 0.3) is 0 Å². The van der Waals surface area contributed by atoms with Gasteiger partial charge in [0.1, 0.15) is 0 Å². The first-order valence-corrected chi connectivity index (χ1v) is 19.4. The van der Waals surface area contributed by atoms with Gasteiger partial charge in [0, 0.05) is 18.6 Å². The molecule has 0 bridgehead atoms. The first-order valence-electron chi connectivity index (χ1n) is 19.4. The summed E-state index contributed by atoms with van der Waals surface area (Å²) in [6.07, 6.45) is 23.6. The number of nitrogens with zero attached hydrogens (tertiary/aromatic N) is 6. The molecule has 0 amide bonds. The summed E-state index contributed by atoms with van der Waals surface area (Å²) in [7, 11) is 0. The molecule has 0 aromatic heterocycles. The Morgan fingerprint density at radius 2 is 1.21 bits per heavy atom. The van der Waals surface area contributed by atoms with Gasteiger partial charge >= 0.3 is 25.4 Å². The summed E-state index contributed by atoms with van der Waals surface area (Å²) in [6.45, 7) is 5.32. The third kappa shape index (κ3) is 13.5. The SMILES string of the molecule is C1CCC(C2CCCC[N-]2)[N-]C1.C1CCC(C2CCCC[N-]2)[N-]C1.O=C(O)CCCCCC1CC[N-]C(C2=Nc3ccccc3C2)C1.[Ru+5]. The van der Waals surface area contributed by atoms with E-state index in [1.807, 2.05) is 6.07 Å². The van der Waals surface area contributed by atoms with Crippen LogP contribution in [0.5, 0.6) is 0 Å². The molecule has 6 aliphatic heterocycles. The maximum atomic E-state index is 10.5. The molecule has 6 aliphatic rings. The van der Waals surface area contributed by atoms with E-state index in [-0.39, 0.29) is 19.5 Å². The second-order valence-electron chi connectivity index (χ2n) is 14.6. The summed E-state index contributed by atoms with van der Waals surface area (Å²) in [5, 5.41) is 32.1. The molecule has 48 heavy (non-hydrogen) atoms. The first-order chi connectivity index (χ1) is 23.2. The molecule has 7 rings (SSSR count). The van der Waals surface area contributed by atoms with Crippen LogP contribution in [0.2, 0.25) is 0 Å². The van der Waals surface area contributed by atoms with E-state index in [1.165, 1.54) is 101 Å². The Morgan fingerprint density at radius 3 is 1.69 bits per heavy atom. The van der Waals surface area contributed by atoms with Gasteiger partial charge in [0.15, 0.2) is 0 Å². The van der Waals surface area contributed by atoms with E-state index in [0.29, 0.717) is 42.5 Å². The molecule has 6 atom stereocenters. The molecule has 5 fully saturated rings. The minimum absolute atomic E-state index is 0. The number of hydrogen-bond acceptors (Lipinski definition) is 2. The second kappa shape index (κ2) is 22.6. The molecule has 1 aromatic rings. The molecule has 6 heterocycles. The van der Waals surface area contributed by atoms with Gasteiger partial charge in [-0.25, -0.2) is 0 Å². The maximum Gasteiger partial charge on any atom is 5.00 e. The number of carboxylic acids is 1. The summed E-state index contributed by atoms with van der Waals surface area (Å²) in [5.74, 6) is 0.0362. The van der Waals surface area contributed by atoms with Crippen LogP contribution < -0.4 is 0 Å². The van der Waals surface area contributed by atoms with E-state index in [1.54, 1.807) is 0 Å². The Labute approximate surface area is 304 Å². The van der Waals surface area contributed by atoms with Crippen molar-refractivity contribution in [1.29, 1.82) is 0 Å². The summed E-state index contributed by atoms with van der Waals surface area (Å²) in [6, 6.07) is 11.1. The fourth-order valence-electron chi connectivity index (χ4n) is 8.17. The van der Waals surface area contributed by atoms with Crippen LogP contribution >= 0.6 is 0 Å². The number of carbonyl (C=O) groups is 1. The van der Waals surface area contributed by atoms with Gasteiger partial charge < -0.3 is 31.7 Å². The summed E-state index contributed by atoms with van der Waals surface area (Å²) in [4.78, 5) is 15.3. The zero-order valence-electron chi connectivity index (χ0n) is 29.3. The minimum atomic E-state index is -0.680. The number of unbranched alkanes of at least 4 members (excludes halogenated alkanes) is 2. The van der Waals surface area contributed by atoms with Gasteiger partial charge in [-0.2, -0.15) is 24.2 Å². The fraction of sp³-hybridized carbons (Fsp3) is 0.795. The number of benzene rings is 1. The smallest absolute Gasteiger partial charge is 0.661 e. The molecule has 1 radical (unpaired) electrons. The monoisotopic (exact) mass is 747 g/mol. The van der Waals surface area contributed by atoms with Crippen molar-refractivity contribution < 1.29 is 29.4 Å². The molecule has 1 N–H and O–H groups in total. The van der Waals surface area contributed by atoms with Crippen molar-refractivity contribution in [2.24, 2.45) is 10.9 Å². The first kappa shape index (κ1) is 39.6. The van der Waals surface area contributed by atoms with Crippen molar-refractivity contribution in [2.75, 3.05) is 32.7 Å². The molecule has 9 heteroatoms. The molecule has 0 aliphatic carbocycles. The minimum Gasteiger partial charge on any atom is -0.661 e. The van der Waals surface area contributed by atoms with Crippen molar-refractivity contribution in [1.82, 2.24) is 0 Å². The number of rotatable bonds is 9. The van der Waals surface area contributed by atoms with Crippen LogP contribution in [0.25, 0.3) is 26.6 Å². The van der Waals surface area contributed by atoms with Crippen molar-refractivity contribution in [3.8, 4) is 0 Å². The van der Waals surface area contributed by atoms with Crippen LogP contribution in [-0.2, 0) is 30.7 Å². The van der Waals surface area contributed by atoms with Gasteiger partial charge in [0.2, 0.25) is 0 Å². The largest absolute Gasteiger partial charge is 5.00 e. The zero-order valence-corrected chi connectivity index (χ0v) is 31.1. The molecule has 0 saturated carbocycles. The number of fused-ring (bicyclic) bond motifs is 1. The fourth-order valence-corrected chi connectivity index (χ4v) is 8.17. The molecular formula is C39H61N6O2Ru. The third-order valence-corrected chi connectivity index (χ3v) is 10.9. The van der Waals surface area contributed by atoms with Crippen LogP contribution in [0.15, 0.2) is 29.3 Å². The average Bonchev–Trinajstić information content (AvgIpc) is 3.58. The number of hydrogen-bond donors (Lipinski definition) is 1. The average molecular weight is 747 g/mol. The molecule has 6 unspecified atom stereocenters. The van der Waals surface area contributed by atoms with E-state index < -0.39 is 5.97 Å². The number of piperidine rings is 5. The molecule has 8 nitrogen and oxygen atoms in total. The Morgan fingerprint density at radius 1 is 0.667 bits per heavy atom. The quantitative estimate of drug-likeness (QED) is 0.200. The Kier molecular flexibility index (Phi) is 18.6. The Bertz CT molecular complexity index is 1000. The standard InChI is InChI=1S/C19H25N2O2.2C10H18N2.Ru/c22-19(23)9-3-1-2-6-14-10-11-20-17(12-14)18-13-15-7-4-5-8-16(15)21-18;2*1-3-7-11-9(5-1)10-6-2-4-8-12-10;/h4-5,7-8,14,17H,1-3,6,9-13H2,(H,22,23);2*9-10H,1-8H2;/q-1;2*-2;+5. The molecule has 1 aromatic carbocycles. The topological polar surface area (TPSA) is 120 Å². The predicted octanol–water partition coefficient (Wildman–Crippen LogP) is 10.2. The van der Waals surface area contributed by atoms with Crippen LogP contribution in [0, 0.1) is 5.92 Å². The normalized spacial score (nSPS) is 30.2. The van der Waals surface area contributed by atoms with Crippen molar-refractivity contribution in [2.45, 2.75) is 159 Å². The molecular weight excluding hydrogens is 686 g/mol. The van der Waals surface area contributed by atoms with Crippen LogP contribution in [0.1, 0.15) is 128 Å². The van der Waals surface area contributed by atoms with Gasteiger partial charge in [-0.05, 0) is 24.0 Å². The second-order valence-corrected chi connectivity index (χ2v) is 14.6. The third-order valence-electron chi connectivity index (χ3n) is 10.9. The van der Waals surface area contributed by atoms with Crippen molar-refractivity contribution >= 4 is 17.4 Å². The van der Waals surface area contributed by atoms with E-state index in [0.717, 1.165) is 70.5 Å². The van der Waals surface area contributed by atoms with E-state index in [4.69, 9.17) is 15.4 Å². The number of carboxylic acid groups (broad SMARTS) is 1. The van der Waals surface area contributed by atoms with E-state index in [9.17, 15) is 4.79 Å². The van der Waals surface area contributed by atoms with Gasteiger partial charge in [0.05, 0.1) is 5.69 Å². The Hall–Kier alpha value is -1.22. The summed E-state index contributed by atoms with van der Waals surface area (Å²) >= 11 is 0. The van der Waals surface area contributed by atoms with Gasteiger partial charge in [-0.15, -0.1) is 32.7 Å². The summed E-state index contributed by atoms with van der Waals surface area (Å²) in [5.41, 5.74) is 3.68. The summed E-state index contributed by atoms with van der Waals surface area (Å²) < 4.78 is 0. The number of para-hydroxylation sites is 1. The number of aliphatic imine (C=N–C) groups is 1. The van der Waals surface area contributed by atoms with Gasteiger partial charge in [-0.3, -0.25) is 9.79 Å². The van der Waals surface area contributed by atoms with Crippen molar-refractivity contribution in [3.63, 3.8) is 0 Å². The molecule has 0 spiro atoms. The Balaban J connectivity index is 0.000000176. The van der Waals surface area contributed by atoms with E-state index in [2.05, 4.69) is 39.5 Å². The van der Waals surface area contributed by atoms with E-state index >= 15 is 0 Å². The van der Waals surface area contributed by atoms with Crippen LogP contribution in [0.3, 0.4) is 0 Å². The van der Waals surface area contributed by atoms with Crippen LogP contribution in [0.4, 0.5) is 5.69 Å². The van der Waals surface area contributed by atoms with Crippen molar-refractivity contribution in [3.05, 3.63) is 56.4 Å². The molecule has 5 saturated heterocycles. The molecule has 267 valence electrons. The number of aliphatic carboxylic acids is 1. The zero-order chi connectivity index (χ0) is 32.5. The maximum absolute atomic E-state index is 10.5.